The summed E-state index contributed by atoms with van der Waals surface area (Å²) in [4.78, 5) is 13.8. The number of nitrogens with one attached hydrogen (secondary N) is 1. The fourth-order valence-corrected chi connectivity index (χ4v) is 1.58. The van der Waals surface area contributed by atoms with Crippen LogP contribution in [-0.2, 0) is 6.42 Å². The van der Waals surface area contributed by atoms with Gasteiger partial charge in [0.1, 0.15) is 5.75 Å². The maximum Gasteiger partial charge on any atom is 0.417 e. The van der Waals surface area contributed by atoms with Gasteiger partial charge in [0.15, 0.2) is 5.76 Å². The molecule has 0 atom stereocenters. The van der Waals surface area contributed by atoms with Gasteiger partial charge in [0.2, 0.25) is 0 Å². The minimum atomic E-state index is -0.414. The SMILES string of the molecule is CCc1[nH]c(=O)oc1-c1ccc(OC)cc1. The van der Waals surface area contributed by atoms with Crippen molar-refractivity contribution in [1.82, 2.24) is 4.98 Å². The molecular formula is C12H13NO3. The van der Waals surface area contributed by atoms with E-state index in [-0.39, 0.29) is 0 Å². The zero-order valence-electron chi connectivity index (χ0n) is 9.24. The van der Waals surface area contributed by atoms with E-state index in [1.165, 1.54) is 0 Å². The van der Waals surface area contributed by atoms with Crippen molar-refractivity contribution >= 4 is 0 Å². The first-order valence-corrected chi connectivity index (χ1v) is 5.11. The van der Waals surface area contributed by atoms with E-state index in [9.17, 15) is 4.79 Å². The molecule has 0 amide bonds. The highest BCUT2D eigenvalue weighted by molar-refractivity contribution is 5.60. The second-order valence-electron chi connectivity index (χ2n) is 3.40. The molecule has 0 unspecified atom stereocenters. The van der Waals surface area contributed by atoms with Gasteiger partial charge in [0.25, 0.3) is 0 Å². The summed E-state index contributed by atoms with van der Waals surface area (Å²) < 4.78 is 10.2. The first kappa shape index (κ1) is 10.5. The van der Waals surface area contributed by atoms with Crippen LogP contribution in [0.5, 0.6) is 5.75 Å². The van der Waals surface area contributed by atoms with Crippen LogP contribution in [0.3, 0.4) is 0 Å². The molecule has 0 spiro atoms. The lowest BCUT2D eigenvalue weighted by Crippen LogP contribution is -1.95. The summed E-state index contributed by atoms with van der Waals surface area (Å²) in [7, 11) is 1.61. The van der Waals surface area contributed by atoms with E-state index in [0.717, 1.165) is 23.4 Å². The van der Waals surface area contributed by atoms with Gasteiger partial charge < -0.3 is 9.15 Å². The number of ether oxygens (including phenoxy) is 1. The van der Waals surface area contributed by atoms with Crippen molar-refractivity contribution < 1.29 is 9.15 Å². The highest BCUT2D eigenvalue weighted by Gasteiger charge is 2.10. The van der Waals surface area contributed by atoms with E-state index < -0.39 is 5.76 Å². The van der Waals surface area contributed by atoms with Crippen molar-refractivity contribution in [2.24, 2.45) is 0 Å². The van der Waals surface area contributed by atoms with Gasteiger partial charge in [-0.15, -0.1) is 0 Å². The van der Waals surface area contributed by atoms with Crippen LogP contribution < -0.4 is 10.5 Å². The molecule has 4 nitrogen and oxygen atoms in total. The van der Waals surface area contributed by atoms with Crippen LogP contribution >= 0.6 is 0 Å². The molecule has 0 bridgehead atoms. The van der Waals surface area contributed by atoms with Crippen LogP contribution in [-0.4, -0.2) is 12.1 Å². The molecular weight excluding hydrogens is 206 g/mol. The van der Waals surface area contributed by atoms with Gasteiger partial charge in [-0.05, 0) is 30.7 Å². The fourth-order valence-electron chi connectivity index (χ4n) is 1.58. The van der Waals surface area contributed by atoms with Gasteiger partial charge in [0.05, 0.1) is 12.8 Å². The standard InChI is InChI=1S/C12H13NO3/c1-3-10-11(16-12(14)13-10)8-4-6-9(15-2)7-5-8/h4-7H,3H2,1-2H3,(H,13,14). The Morgan fingerprint density at radius 2 is 2.00 bits per heavy atom. The number of hydrogen-bond donors (Lipinski definition) is 1. The van der Waals surface area contributed by atoms with Gasteiger partial charge in [0, 0.05) is 5.56 Å². The zero-order chi connectivity index (χ0) is 11.5. The Balaban J connectivity index is 2.45. The van der Waals surface area contributed by atoms with Crippen molar-refractivity contribution in [2.75, 3.05) is 7.11 Å². The van der Waals surface area contributed by atoms with E-state index >= 15 is 0 Å². The predicted molar refractivity (Wildman–Crippen MR) is 60.7 cm³/mol. The van der Waals surface area contributed by atoms with Crippen LogP contribution in [0.4, 0.5) is 0 Å². The molecule has 1 aromatic carbocycles. The number of oxazole rings is 1. The third kappa shape index (κ3) is 1.86. The summed E-state index contributed by atoms with van der Waals surface area (Å²) in [5.74, 6) is 0.970. The van der Waals surface area contributed by atoms with Gasteiger partial charge in [-0.2, -0.15) is 0 Å². The topological polar surface area (TPSA) is 55.2 Å². The smallest absolute Gasteiger partial charge is 0.417 e. The summed E-state index contributed by atoms with van der Waals surface area (Å²) >= 11 is 0. The van der Waals surface area contributed by atoms with Gasteiger partial charge in [-0.25, -0.2) is 4.79 Å². The van der Waals surface area contributed by atoms with Crippen LogP contribution in [0.15, 0.2) is 33.5 Å². The van der Waals surface area contributed by atoms with Gasteiger partial charge in [-0.3, -0.25) is 4.98 Å². The van der Waals surface area contributed by atoms with Gasteiger partial charge >= 0.3 is 5.76 Å². The molecule has 84 valence electrons. The number of aryl methyl sites for hydroxylation is 1. The van der Waals surface area contributed by atoms with E-state index in [4.69, 9.17) is 9.15 Å². The normalized spacial score (nSPS) is 10.4. The molecule has 0 saturated heterocycles. The van der Waals surface area contributed by atoms with Crippen molar-refractivity contribution in [1.29, 1.82) is 0 Å². The summed E-state index contributed by atoms with van der Waals surface area (Å²) in [5, 5.41) is 0. The van der Waals surface area contributed by atoms with Crippen LogP contribution in [0, 0.1) is 0 Å². The van der Waals surface area contributed by atoms with Crippen LogP contribution in [0.2, 0.25) is 0 Å². The molecule has 0 aliphatic carbocycles. The van der Waals surface area contributed by atoms with E-state index in [0.29, 0.717) is 5.76 Å². The van der Waals surface area contributed by atoms with E-state index in [1.54, 1.807) is 7.11 Å². The minimum Gasteiger partial charge on any atom is -0.497 e. The number of benzene rings is 1. The largest absolute Gasteiger partial charge is 0.497 e. The molecule has 0 fully saturated rings. The summed E-state index contributed by atoms with van der Waals surface area (Å²) in [6.07, 6.45) is 0.729. The minimum absolute atomic E-state index is 0.414. The molecule has 0 saturated carbocycles. The molecule has 0 radical (unpaired) electrons. The van der Waals surface area contributed by atoms with Crippen LogP contribution in [0.25, 0.3) is 11.3 Å². The van der Waals surface area contributed by atoms with Crippen molar-refractivity contribution in [3.05, 3.63) is 40.5 Å². The number of aromatic amines is 1. The van der Waals surface area contributed by atoms with Crippen molar-refractivity contribution in [3.8, 4) is 17.1 Å². The number of methoxy groups -OCH3 is 1. The number of H-pyrrole nitrogens is 1. The number of aromatic nitrogens is 1. The molecule has 1 N–H and O–H groups in total. The Bertz CT molecular complexity index is 522. The lowest BCUT2D eigenvalue weighted by atomic mass is 10.1. The molecule has 2 rings (SSSR count). The molecule has 0 aliphatic rings. The van der Waals surface area contributed by atoms with E-state index in [1.807, 2.05) is 31.2 Å². The molecule has 16 heavy (non-hydrogen) atoms. The first-order chi connectivity index (χ1) is 7.74. The third-order valence-electron chi connectivity index (χ3n) is 2.43. The lowest BCUT2D eigenvalue weighted by molar-refractivity contribution is 0.415. The highest BCUT2D eigenvalue weighted by Crippen LogP contribution is 2.24. The quantitative estimate of drug-likeness (QED) is 0.861. The summed E-state index contributed by atoms with van der Waals surface area (Å²) in [6.45, 7) is 1.97. The number of rotatable bonds is 3. The fraction of sp³-hybridized carbons (Fsp3) is 0.250. The Hall–Kier alpha value is -1.97. The summed E-state index contributed by atoms with van der Waals surface area (Å²) in [5.41, 5.74) is 1.69. The summed E-state index contributed by atoms with van der Waals surface area (Å²) in [6, 6.07) is 7.40. The molecule has 1 aromatic heterocycles. The second kappa shape index (κ2) is 4.26. The third-order valence-corrected chi connectivity index (χ3v) is 2.43. The maximum absolute atomic E-state index is 11.1. The van der Waals surface area contributed by atoms with Crippen LogP contribution in [0.1, 0.15) is 12.6 Å². The average molecular weight is 219 g/mol. The molecule has 1 heterocycles. The first-order valence-electron chi connectivity index (χ1n) is 5.11. The van der Waals surface area contributed by atoms with Gasteiger partial charge in [-0.1, -0.05) is 6.92 Å². The Morgan fingerprint density at radius 3 is 2.56 bits per heavy atom. The maximum atomic E-state index is 11.1. The second-order valence-corrected chi connectivity index (χ2v) is 3.40. The van der Waals surface area contributed by atoms with Crippen molar-refractivity contribution in [2.45, 2.75) is 13.3 Å². The zero-order valence-corrected chi connectivity index (χ0v) is 9.24. The number of hydrogen-bond acceptors (Lipinski definition) is 3. The molecule has 0 aliphatic heterocycles. The lowest BCUT2D eigenvalue weighted by Gasteiger charge is -2.01. The molecule has 2 aromatic rings. The van der Waals surface area contributed by atoms with E-state index in [2.05, 4.69) is 4.98 Å². The Labute approximate surface area is 92.9 Å². The predicted octanol–water partition coefficient (Wildman–Crippen LogP) is 2.21. The highest BCUT2D eigenvalue weighted by atomic mass is 16.5. The Morgan fingerprint density at radius 1 is 1.31 bits per heavy atom. The monoisotopic (exact) mass is 219 g/mol. The molecule has 4 heteroatoms. The Kier molecular flexibility index (Phi) is 2.81. The van der Waals surface area contributed by atoms with Crippen molar-refractivity contribution in [3.63, 3.8) is 0 Å². The average Bonchev–Trinajstić information content (AvgIpc) is 2.70.